The molecule has 0 bridgehead atoms. The first-order chi connectivity index (χ1) is 5.25. The Morgan fingerprint density at radius 1 is 1.82 bits per heavy atom. The molecule has 0 saturated heterocycles. The summed E-state index contributed by atoms with van der Waals surface area (Å²) in [6, 6.07) is -0.190. The van der Waals surface area contributed by atoms with Crippen molar-refractivity contribution in [3.05, 3.63) is 0 Å². The van der Waals surface area contributed by atoms with Crippen LogP contribution >= 0.6 is 0 Å². The van der Waals surface area contributed by atoms with Crippen LogP contribution in [0.15, 0.2) is 5.10 Å². The molecular formula is C7H12N2O2. The van der Waals surface area contributed by atoms with E-state index in [1.807, 2.05) is 0 Å². The van der Waals surface area contributed by atoms with Gasteiger partial charge in [-0.05, 0) is 12.8 Å². The number of esters is 1. The summed E-state index contributed by atoms with van der Waals surface area (Å²) in [5.41, 5.74) is 0. The molecule has 0 aromatic heterocycles. The number of methoxy groups -OCH3 is 1. The molecule has 1 rings (SSSR count). The Morgan fingerprint density at radius 2 is 2.55 bits per heavy atom. The van der Waals surface area contributed by atoms with Crippen LogP contribution in [0.2, 0.25) is 0 Å². The number of ether oxygens (including phenoxy) is 1. The number of rotatable bonds is 1. The van der Waals surface area contributed by atoms with Gasteiger partial charge in [0.05, 0.1) is 7.11 Å². The number of carbonyl (C=O) groups excluding carboxylic acids is 1. The topological polar surface area (TPSA) is 41.9 Å². The van der Waals surface area contributed by atoms with E-state index in [9.17, 15) is 4.79 Å². The fraction of sp³-hybridized carbons (Fsp3) is 0.714. The van der Waals surface area contributed by atoms with Crippen LogP contribution in [0.5, 0.6) is 0 Å². The summed E-state index contributed by atoms with van der Waals surface area (Å²) in [7, 11) is 3.17. The Labute approximate surface area is 65.8 Å². The van der Waals surface area contributed by atoms with Gasteiger partial charge in [0.1, 0.15) is 6.04 Å². The molecule has 0 spiro atoms. The maximum Gasteiger partial charge on any atom is 0.330 e. The summed E-state index contributed by atoms with van der Waals surface area (Å²) in [4.78, 5) is 11.0. The maximum atomic E-state index is 11.0. The first-order valence-corrected chi connectivity index (χ1v) is 3.59. The molecule has 1 aliphatic rings. The molecule has 1 atom stereocenters. The van der Waals surface area contributed by atoms with E-state index in [1.165, 1.54) is 7.11 Å². The summed E-state index contributed by atoms with van der Waals surface area (Å²) >= 11 is 0. The molecule has 1 aliphatic heterocycles. The van der Waals surface area contributed by atoms with Gasteiger partial charge in [-0.15, -0.1) is 0 Å². The Kier molecular flexibility index (Phi) is 2.46. The fourth-order valence-electron chi connectivity index (χ4n) is 1.09. The van der Waals surface area contributed by atoms with E-state index >= 15 is 0 Å². The van der Waals surface area contributed by atoms with Gasteiger partial charge in [-0.2, -0.15) is 5.10 Å². The van der Waals surface area contributed by atoms with Crippen LogP contribution in [0.1, 0.15) is 12.8 Å². The highest BCUT2D eigenvalue weighted by Crippen LogP contribution is 2.10. The monoisotopic (exact) mass is 156 g/mol. The highest BCUT2D eigenvalue weighted by atomic mass is 16.5. The number of hydrogen-bond acceptors (Lipinski definition) is 4. The van der Waals surface area contributed by atoms with Crippen LogP contribution in [0.25, 0.3) is 0 Å². The number of hydrazone groups is 1. The Balaban J connectivity index is 2.57. The van der Waals surface area contributed by atoms with Gasteiger partial charge in [-0.3, -0.25) is 5.01 Å². The number of carbonyl (C=O) groups is 1. The average molecular weight is 156 g/mol. The smallest absolute Gasteiger partial charge is 0.330 e. The molecule has 0 amide bonds. The van der Waals surface area contributed by atoms with Gasteiger partial charge in [0.2, 0.25) is 0 Å². The van der Waals surface area contributed by atoms with Gasteiger partial charge in [0.15, 0.2) is 0 Å². The third kappa shape index (κ3) is 1.69. The Morgan fingerprint density at radius 3 is 3.09 bits per heavy atom. The van der Waals surface area contributed by atoms with Crippen molar-refractivity contribution in [1.29, 1.82) is 0 Å². The van der Waals surface area contributed by atoms with Crippen LogP contribution < -0.4 is 0 Å². The zero-order valence-electron chi connectivity index (χ0n) is 6.78. The minimum atomic E-state index is -0.204. The van der Waals surface area contributed by atoms with E-state index in [1.54, 1.807) is 18.3 Å². The van der Waals surface area contributed by atoms with Crippen LogP contribution in [0, 0.1) is 0 Å². The van der Waals surface area contributed by atoms with Crippen LogP contribution in [-0.2, 0) is 9.53 Å². The molecule has 0 N–H and O–H groups in total. The van der Waals surface area contributed by atoms with Crippen molar-refractivity contribution in [2.75, 3.05) is 14.2 Å². The van der Waals surface area contributed by atoms with Crippen molar-refractivity contribution in [2.24, 2.45) is 5.10 Å². The lowest BCUT2D eigenvalue weighted by Crippen LogP contribution is -2.38. The number of hydrogen-bond donors (Lipinski definition) is 0. The van der Waals surface area contributed by atoms with E-state index in [2.05, 4.69) is 9.84 Å². The van der Waals surface area contributed by atoms with Gasteiger partial charge in [0, 0.05) is 13.3 Å². The zero-order chi connectivity index (χ0) is 8.27. The van der Waals surface area contributed by atoms with E-state index in [-0.39, 0.29) is 12.0 Å². The predicted molar refractivity (Wildman–Crippen MR) is 41.3 cm³/mol. The molecule has 0 fully saturated rings. The quantitative estimate of drug-likeness (QED) is 0.511. The van der Waals surface area contributed by atoms with Crippen molar-refractivity contribution in [2.45, 2.75) is 18.9 Å². The molecule has 0 aromatic carbocycles. The van der Waals surface area contributed by atoms with Gasteiger partial charge in [0.25, 0.3) is 0 Å². The molecule has 0 radical (unpaired) electrons. The van der Waals surface area contributed by atoms with Crippen LogP contribution in [0.4, 0.5) is 0 Å². The largest absolute Gasteiger partial charge is 0.467 e. The summed E-state index contributed by atoms with van der Waals surface area (Å²) < 4.78 is 4.61. The lowest BCUT2D eigenvalue weighted by molar-refractivity contribution is -0.146. The van der Waals surface area contributed by atoms with Crippen molar-refractivity contribution < 1.29 is 9.53 Å². The average Bonchev–Trinajstić information content (AvgIpc) is 2.04. The highest BCUT2D eigenvalue weighted by molar-refractivity contribution is 5.77. The SMILES string of the molecule is COC(=O)C1CCC=NN1C. The van der Waals surface area contributed by atoms with Gasteiger partial charge in [-0.25, -0.2) is 4.79 Å². The van der Waals surface area contributed by atoms with Gasteiger partial charge < -0.3 is 4.74 Å². The third-order valence-electron chi connectivity index (χ3n) is 1.76. The Bertz CT molecular complexity index is 179. The predicted octanol–water partition coefficient (Wildman–Crippen LogP) is 0.239. The molecular weight excluding hydrogens is 144 g/mol. The molecule has 11 heavy (non-hydrogen) atoms. The lowest BCUT2D eigenvalue weighted by Gasteiger charge is -2.25. The van der Waals surface area contributed by atoms with Crippen molar-refractivity contribution in [3.8, 4) is 0 Å². The standard InChI is InChI=1S/C7H12N2O2/c1-9-6(7(10)11-2)4-3-5-8-9/h5-6H,3-4H2,1-2H3. The first-order valence-electron chi connectivity index (χ1n) is 3.59. The summed E-state index contributed by atoms with van der Waals surface area (Å²) in [5.74, 6) is -0.204. The van der Waals surface area contributed by atoms with Crippen LogP contribution in [0.3, 0.4) is 0 Å². The molecule has 1 unspecified atom stereocenters. The number of nitrogens with zero attached hydrogens (tertiary/aromatic N) is 2. The van der Waals surface area contributed by atoms with Crippen LogP contribution in [-0.4, -0.2) is 37.4 Å². The minimum Gasteiger partial charge on any atom is -0.467 e. The molecule has 0 aromatic rings. The second kappa shape index (κ2) is 3.37. The second-order valence-corrected chi connectivity index (χ2v) is 2.49. The third-order valence-corrected chi connectivity index (χ3v) is 1.76. The lowest BCUT2D eigenvalue weighted by atomic mass is 10.1. The maximum absolute atomic E-state index is 11.0. The molecule has 4 heteroatoms. The molecule has 0 saturated carbocycles. The summed E-state index contributed by atoms with van der Waals surface area (Å²) in [6.45, 7) is 0. The first kappa shape index (κ1) is 8.04. The molecule has 4 nitrogen and oxygen atoms in total. The van der Waals surface area contributed by atoms with E-state index in [0.717, 1.165) is 12.8 Å². The zero-order valence-corrected chi connectivity index (χ0v) is 6.78. The second-order valence-electron chi connectivity index (χ2n) is 2.49. The minimum absolute atomic E-state index is 0.190. The fourth-order valence-corrected chi connectivity index (χ4v) is 1.09. The van der Waals surface area contributed by atoms with Gasteiger partial charge >= 0.3 is 5.97 Å². The van der Waals surface area contributed by atoms with Crippen molar-refractivity contribution >= 4 is 12.2 Å². The molecule has 62 valence electrons. The summed E-state index contributed by atoms with van der Waals surface area (Å²) in [5, 5.41) is 5.62. The normalized spacial score (nSPS) is 23.5. The van der Waals surface area contributed by atoms with Crippen molar-refractivity contribution in [1.82, 2.24) is 5.01 Å². The number of likely N-dealkylation sites (N-methyl/N-ethyl adjacent to an activating group) is 1. The molecule has 1 heterocycles. The highest BCUT2D eigenvalue weighted by Gasteiger charge is 2.24. The van der Waals surface area contributed by atoms with E-state index < -0.39 is 0 Å². The molecule has 0 aliphatic carbocycles. The summed E-state index contributed by atoms with van der Waals surface area (Å²) in [6.07, 6.45) is 3.45. The van der Waals surface area contributed by atoms with E-state index in [0.29, 0.717) is 0 Å². The Hall–Kier alpha value is -1.06. The van der Waals surface area contributed by atoms with E-state index in [4.69, 9.17) is 0 Å². The van der Waals surface area contributed by atoms with Crippen molar-refractivity contribution in [3.63, 3.8) is 0 Å². The van der Waals surface area contributed by atoms with Gasteiger partial charge in [-0.1, -0.05) is 0 Å².